The second kappa shape index (κ2) is 7.09. The zero-order chi connectivity index (χ0) is 13.7. The highest BCUT2D eigenvalue weighted by Gasteiger charge is 2.27. The van der Waals surface area contributed by atoms with Crippen molar-refractivity contribution in [3.8, 4) is 0 Å². The van der Waals surface area contributed by atoms with Crippen LogP contribution in [0.5, 0.6) is 0 Å². The van der Waals surface area contributed by atoms with Crippen molar-refractivity contribution in [1.29, 1.82) is 0 Å². The first kappa shape index (κ1) is 14.6. The monoisotopic (exact) mass is 264 g/mol. The third kappa shape index (κ3) is 4.64. The Morgan fingerprint density at radius 3 is 2.79 bits per heavy atom. The Balaban J connectivity index is 1.60. The first-order chi connectivity index (χ1) is 9.15. The summed E-state index contributed by atoms with van der Waals surface area (Å²) < 4.78 is 0. The summed E-state index contributed by atoms with van der Waals surface area (Å²) in [5.41, 5.74) is 0. The number of hydrogen-bond acceptors (Lipinski definition) is 2. The van der Waals surface area contributed by atoms with Crippen LogP contribution < -0.4 is 5.32 Å². The summed E-state index contributed by atoms with van der Waals surface area (Å²) in [6.07, 6.45) is 9.20. The minimum Gasteiger partial charge on any atom is -0.356 e. The summed E-state index contributed by atoms with van der Waals surface area (Å²) >= 11 is 0. The maximum atomic E-state index is 11.8. The van der Waals surface area contributed by atoms with E-state index in [1.165, 1.54) is 19.4 Å². The van der Waals surface area contributed by atoms with Crippen LogP contribution in [0.3, 0.4) is 0 Å². The fraction of sp³-hybridized carbons (Fsp3) is 0.812. The van der Waals surface area contributed by atoms with Gasteiger partial charge in [0.05, 0.1) is 0 Å². The number of amides is 1. The number of allylic oxidation sites excluding steroid dienone is 1. The Labute approximate surface area is 117 Å². The molecular weight excluding hydrogens is 236 g/mol. The highest BCUT2D eigenvalue weighted by atomic mass is 16.1. The first-order valence-corrected chi connectivity index (χ1v) is 7.82. The molecule has 2 aliphatic rings. The van der Waals surface area contributed by atoms with Gasteiger partial charge >= 0.3 is 0 Å². The molecule has 3 heteroatoms. The largest absolute Gasteiger partial charge is 0.356 e. The van der Waals surface area contributed by atoms with Gasteiger partial charge in [-0.3, -0.25) is 9.69 Å². The van der Waals surface area contributed by atoms with Gasteiger partial charge in [-0.25, -0.2) is 0 Å². The van der Waals surface area contributed by atoms with Crippen molar-refractivity contribution in [2.45, 2.75) is 39.5 Å². The molecule has 1 N–H and O–H groups in total. The molecule has 0 radical (unpaired) electrons. The van der Waals surface area contributed by atoms with Gasteiger partial charge < -0.3 is 5.32 Å². The number of carbonyl (C=O) groups is 1. The van der Waals surface area contributed by atoms with Gasteiger partial charge in [0.2, 0.25) is 5.91 Å². The highest BCUT2D eigenvalue weighted by molar-refractivity contribution is 5.79. The molecule has 0 aromatic carbocycles. The summed E-state index contributed by atoms with van der Waals surface area (Å²) in [6.45, 7) is 8.66. The van der Waals surface area contributed by atoms with Gasteiger partial charge in [-0.15, -0.1) is 0 Å². The predicted octanol–water partition coefficient (Wildman–Crippen LogP) is 2.44. The molecule has 108 valence electrons. The third-order valence-corrected chi connectivity index (χ3v) is 4.30. The average Bonchev–Trinajstić information content (AvgIpc) is 2.71. The lowest BCUT2D eigenvalue weighted by Crippen LogP contribution is -2.37. The van der Waals surface area contributed by atoms with E-state index >= 15 is 0 Å². The minimum absolute atomic E-state index is 0.296. The molecule has 1 saturated heterocycles. The van der Waals surface area contributed by atoms with Crippen LogP contribution in [0.2, 0.25) is 0 Å². The molecule has 1 aliphatic heterocycles. The summed E-state index contributed by atoms with van der Waals surface area (Å²) in [5, 5.41) is 3.14. The van der Waals surface area contributed by atoms with Crippen LogP contribution in [0.4, 0.5) is 0 Å². The topological polar surface area (TPSA) is 32.3 Å². The van der Waals surface area contributed by atoms with Gasteiger partial charge in [0.25, 0.3) is 0 Å². The van der Waals surface area contributed by atoms with Gasteiger partial charge in [0, 0.05) is 25.6 Å². The molecular formula is C16H28N2O. The van der Waals surface area contributed by atoms with Crippen LogP contribution in [0.25, 0.3) is 0 Å². The molecule has 1 unspecified atom stereocenters. The van der Waals surface area contributed by atoms with E-state index in [2.05, 4.69) is 36.2 Å². The van der Waals surface area contributed by atoms with Crippen molar-refractivity contribution in [1.82, 2.24) is 10.2 Å². The zero-order valence-corrected chi connectivity index (χ0v) is 12.4. The smallest absolute Gasteiger partial charge is 0.223 e. The number of nitrogens with one attached hydrogen (secondary N) is 1. The van der Waals surface area contributed by atoms with Crippen molar-refractivity contribution in [2.24, 2.45) is 17.8 Å². The Morgan fingerprint density at radius 1 is 1.37 bits per heavy atom. The predicted molar refractivity (Wildman–Crippen MR) is 78.9 cm³/mol. The Bertz CT molecular complexity index is 321. The summed E-state index contributed by atoms with van der Waals surface area (Å²) in [5.74, 6) is 1.91. The summed E-state index contributed by atoms with van der Waals surface area (Å²) in [4.78, 5) is 14.3. The quantitative estimate of drug-likeness (QED) is 0.747. The molecule has 0 aromatic heterocycles. The molecule has 2 rings (SSSR count). The fourth-order valence-corrected chi connectivity index (χ4v) is 2.79. The van der Waals surface area contributed by atoms with E-state index in [1.54, 1.807) is 0 Å². The molecule has 0 spiro atoms. The van der Waals surface area contributed by atoms with E-state index in [0.717, 1.165) is 32.5 Å². The number of nitrogens with zero attached hydrogens (tertiary/aromatic N) is 1. The molecule has 0 bridgehead atoms. The lowest BCUT2D eigenvalue weighted by atomic mass is 9.85. The van der Waals surface area contributed by atoms with Crippen molar-refractivity contribution >= 4 is 5.91 Å². The van der Waals surface area contributed by atoms with Crippen molar-refractivity contribution in [3.63, 3.8) is 0 Å². The summed E-state index contributed by atoms with van der Waals surface area (Å²) in [6, 6.07) is 0. The van der Waals surface area contributed by atoms with Gasteiger partial charge in [-0.05, 0) is 37.6 Å². The molecule has 2 fully saturated rings. The Hall–Kier alpha value is -0.830. The lowest BCUT2D eigenvalue weighted by Gasteiger charge is -2.24. The van der Waals surface area contributed by atoms with Crippen LogP contribution in [0, 0.1) is 17.8 Å². The van der Waals surface area contributed by atoms with Crippen LogP contribution in [0.15, 0.2) is 12.2 Å². The van der Waals surface area contributed by atoms with Crippen LogP contribution in [-0.2, 0) is 4.79 Å². The van der Waals surface area contributed by atoms with Crippen LogP contribution in [-0.4, -0.2) is 37.0 Å². The molecule has 1 amide bonds. The Kier molecular flexibility index (Phi) is 5.44. The van der Waals surface area contributed by atoms with E-state index in [-0.39, 0.29) is 0 Å². The fourth-order valence-electron chi connectivity index (χ4n) is 2.79. The highest BCUT2D eigenvalue weighted by Crippen LogP contribution is 2.26. The lowest BCUT2D eigenvalue weighted by molar-refractivity contribution is -0.127. The van der Waals surface area contributed by atoms with E-state index in [9.17, 15) is 4.79 Å². The van der Waals surface area contributed by atoms with Crippen molar-refractivity contribution in [3.05, 3.63) is 12.2 Å². The van der Waals surface area contributed by atoms with Gasteiger partial charge in [0.15, 0.2) is 0 Å². The van der Waals surface area contributed by atoms with Crippen molar-refractivity contribution in [2.75, 3.05) is 26.2 Å². The molecule has 1 aliphatic carbocycles. The number of carbonyl (C=O) groups excluding carboxylic acids is 1. The minimum atomic E-state index is 0.296. The van der Waals surface area contributed by atoms with Gasteiger partial charge in [-0.1, -0.05) is 32.4 Å². The third-order valence-electron chi connectivity index (χ3n) is 4.30. The van der Waals surface area contributed by atoms with Crippen LogP contribution >= 0.6 is 0 Å². The van der Waals surface area contributed by atoms with Crippen molar-refractivity contribution < 1.29 is 4.79 Å². The van der Waals surface area contributed by atoms with E-state index in [4.69, 9.17) is 0 Å². The molecule has 1 atom stereocenters. The second-order valence-electron chi connectivity index (χ2n) is 6.46. The van der Waals surface area contributed by atoms with Crippen LogP contribution in [0.1, 0.15) is 39.5 Å². The molecule has 0 aromatic rings. The zero-order valence-electron chi connectivity index (χ0n) is 12.4. The molecule has 19 heavy (non-hydrogen) atoms. The summed E-state index contributed by atoms with van der Waals surface area (Å²) in [7, 11) is 0. The van der Waals surface area contributed by atoms with E-state index < -0.39 is 0 Å². The maximum absolute atomic E-state index is 11.8. The normalized spacial score (nSPS) is 25.1. The maximum Gasteiger partial charge on any atom is 0.223 e. The number of hydrogen-bond donors (Lipinski definition) is 1. The Morgan fingerprint density at radius 2 is 2.16 bits per heavy atom. The second-order valence-corrected chi connectivity index (χ2v) is 6.46. The average molecular weight is 264 g/mol. The van der Waals surface area contributed by atoms with E-state index in [1.807, 2.05) is 0 Å². The SMILES string of the molecule is CC(C)/C=C/CN1CCC(CNC(=O)C2CCC2)C1. The van der Waals surface area contributed by atoms with Gasteiger partial charge in [-0.2, -0.15) is 0 Å². The molecule has 3 nitrogen and oxygen atoms in total. The first-order valence-electron chi connectivity index (χ1n) is 7.82. The standard InChI is InChI=1S/C16H28N2O/c1-13(2)5-4-9-18-10-8-14(12-18)11-17-16(19)15-6-3-7-15/h4-5,13-15H,3,6-12H2,1-2H3,(H,17,19)/b5-4+. The molecule has 1 saturated carbocycles. The number of likely N-dealkylation sites (tertiary alicyclic amines) is 1. The van der Waals surface area contributed by atoms with E-state index in [0.29, 0.717) is 23.7 Å². The number of rotatable bonds is 6. The van der Waals surface area contributed by atoms with Gasteiger partial charge in [0.1, 0.15) is 0 Å². The molecule has 1 heterocycles.